The number of ether oxygens (including phenoxy) is 2. The summed E-state index contributed by atoms with van der Waals surface area (Å²) in [7, 11) is 1.47. The van der Waals surface area contributed by atoms with Gasteiger partial charge in [0.15, 0.2) is 0 Å². The summed E-state index contributed by atoms with van der Waals surface area (Å²) in [5.74, 6) is -1.17. The van der Waals surface area contributed by atoms with E-state index in [0.717, 1.165) is 6.07 Å². The van der Waals surface area contributed by atoms with Gasteiger partial charge in [-0.2, -0.15) is 0 Å². The fourth-order valence-electron chi connectivity index (χ4n) is 1.40. The van der Waals surface area contributed by atoms with Crippen LogP contribution in [0.25, 0.3) is 0 Å². The van der Waals surface area contributed by atoms with Crippen LogP contribution in [0.15, 0.2) is 12.1 Å². The number of rotatable bonds is 4. The molecule has 2 N–H and O–H groups in total. The predicted octanol–water partition coefficient (Wildman–Crippen LogP) is 2.12. The lowest BCUT2D eigenvalue weighted by Crippen LogP contribution is -2.15. The maximum Gasteiger partial charge on any atom is 0.340 e. The van der Waals surface area contributed by atoms with Crippen molar-refractivity contribution in [2.45, 2.75) is 26.6 Å². The molecule has 0 unspecified atom stereocenters. The van der Waals surface area contributed by atoms with Crippen molar-refractivity contribution in [1.29, 1.82) is 0 Å². The molecule has 0 heterocycles. The number of nitrogen functional groups attached to an aromatic ring is 1. The normalized spacial score (nSPS) is 10.6. The van der Waals surface area contributed by atoms with Gasteiger partial charge in [0.2, 0.25) is 0 Å². The van der Waals surface area contributed by atoms with Crippen molar-refractivity contribution in [1.82, 2.24) is 0 Å². The van der Waals surface area contributed by atoms with Crippen LogP contribution in [-0.4, -0.2) is 19.2 Å². The van der Waals surface area contributed by atoms with Gasteiger partial charge in [-0.15, -0.1) is 0 Å². The van der Waals surface area contributed by atoms with Gasteiger partial charge in [0.1, 0.15) is 5.82 Å². The summed E-state index contributed by atoms with van der Waals surface area (Å²) in [6, 6.07) is 2.31. The largest absolute Gasteiger partial charge is 0.459 e. The Bertz CT molecular complexity index is 418. The molecule has 94 valence electrons. The van der Waals surface area contributed by atoms with Crippen LogP contribution in [0, 0.1) is 5.82 Å². The van der Waals surface area contributed by atoms with Gasteiger partial charge >= 0.3 is 5.97 Å². The summed E-state index contributed by atoms with van der Waals surface area (Å²) in [5.41, 5.74) is 6.43. The Balaban J connectivity index is 3.10. The van der Waals surface area contributed by atoms with Crippen LogP contribution < -0.4 is 5.73 Å². The minimum absolute atomic E-state index is 0.0331. The molecule has 1 rings (SSSR count). The van der Waals surface area contributed by atoms with Crippen molar-refractivity contribution < 1.29 is 18.7 Å². The molecule has 0 amide bonds. The SMILES string of the molecule is COCc1cc(F)cc(C(=O)OC(C)C)c1N. The van der Waals surface area contributed by atoms with Gasteiger partial charge in [0.05, 0.1) is 24.0 Å². The number of methoxy groups -OCH3 is 1. The van der Waals surface area contributed by atoms with Crippen LogP contribution in [0.5, 0.6) is 0 Å². The highest BCUT2D eigenvalue weighted by atomic mass is 19.1. The summed E-state index contributed by atoms with van der Waals surface area (Å²) < 4.78 is 23.2. The smallest absolute Gasteiger partial charge is 0.340 e. The third kappa shape index (κ3) is 3.42. The Hall–Kier alpha value is -1.62. The van der Waals surface area contributed by atoms with E-state index < -0.39 is 11.8 Å². The van der Waals surface area contributed by atoms with Gasteiger partial charge in [0, 0.05) is 12.7 Å². The lowest BCUT2D eigenvalue weighted by Gasteiger charge is -2.12. The number of carbonyl (C=O) groups is 1. The van der Waals surface area contributed by atoms with E-state index in [0.29, 0.717) is 5.56 Å². The molecule has 0 atom stereocenters. The Morgan fingerprint density at radius 1 is 1.47 bits per heavy atom. The predicted molar refractivity (Wildman–Crippen MR) is 62.1 cm³/mol. The molecule has 0 bridgehead atoms. The highest BCUT2D eigenvalue weighted by molar-refractivity contribution is 5.95. The zero-order chi connectivity index (χ0) is 13.0. The molecule has 17 heavy (non-hydrogen) atoms. The molecule has 0 aliphatic heterocycles. The first-order chi connectivity index (χ1) is 7.95. The quantitative estimate of drug-likeness (QED) is 0.648. The van der Waals surface area contributed by atoms with E-state index in [1.165, 1.54) is 13.2 Å². The van der Waals surface area contributed by atoms with E-state index in [1.807, 2.05) is 0 Å². The summed E-state index contributed by atoms with van der Waals surface area (Å²) in [5, 5.41) is 0. The molecule has 1 aromatic rings. The average molecular weight is 241 g/mol. The number of esters is 1. The van der Waals surface area contributed by atoms with Crippen LogP contribution in [0.3, 0.4) is 0 Å². The molecule has 1 aromatic carbocycles. The maximum absolute atomic E-state index is 13.3. The third-order valence-electron chi connectivity index (χ3n) is 2.09. The summed E-state index contributed by atoms with van der Waals surface area (Å²) in [6.45, 7) is 3.57. The lowest BCUT2D eigenvalue weighted by molar-refractivity contribution is 0.0378. The zero-order valence-electron chi connectivity index (χ0n) is 10.1. The molecule has 0 saturated carbocycles. The van der Waals surface area contributed by atoms with Crippen LogP contribution in [0.2, 0.25) is 0 Å². The minimum Gasteiger partial charge on any atom is -0.459 e. The third-order valence-corrected chi connectivity index (χ3v) is 2.09. The molecule has 0 aliphatic rings. The van der Waals surface area contributed by atoms with Crippen LogP contribution in [-0.2, 0) is 16.1 Å². The molecule has 0 fully saturated rings. The van der Waals surface area contributed by atoms with E-state index in [9.17, 15) is 9.18 Å². The van der Waals surface area contributed by atoms with E-state index in [2.05, 4.69) is 0 Å². The number of nitrogens with two attached hydrogens (primary N) is 1. The van der Waals surface area contributed by atoms with Crippen molar-refractivity contribution in [2.75, 3.05) is 12.8 Å². The van der Waals surface area contributed by atoms with Crippen LogP contribution in [0.4, 0.5) is 10.1 Å². The zero-order valence-corrected chi connectivity index (χ0v) is 10.1. The monoisotopic (exact) mass is 241 g/mol. The van der Waals surface area contributed by atoms with Crippen molar-refractivity contribution in [2.24, 2.45) is 0 Å². The molecular weight excluding hydrogens is 225 g/mol. The molecule has 0 saturated heterocycles. The first-order valence-electron chi connectivity index (χ1n) is 5.23. The van der Waals surface area contributed by atoms with E-state index in [1.54, 1.807) is 13.8 Å². The number of benzene rings is 1. The summed E-state index contributed by atoms with van der Waals surface area (Å²) >= 11 is 0. The highest BCUT2D eigenvalue weighted by Gasteiger charge is 2.17. The molecule has 5 heteroatoms. The second kappa shape index (κ2) is 5.63. The van der Waals surface area contributed by atoms with E-state index in [4.69, 9.17) is 15.2 Å². The van der Waals surface area contributed by atoms with E-state index >= 15 is 0 Å². The molecule has 0 aliphatic carbocycles. The Labute approximate surface area is 99.5 Å². The second-order valence-electron chi connectivity index (χ2n) is 3.91. The first kappa shape index (κ1) is 13.4. The summed E-state index contributed by atoms with van der Waals surface area (Å²) in [4.78, 5) is 11.7. The molecule has 0 radical (unpaired) electrons. The fourth-order valence-corrected chi connectivity index (χ4v) is 1.40. The number of anilines is 1. The van der Waals surface area contributed by atoms with Gasteiger partial charge < -0.3 is 15.2 Å². The Morgan fingerprint density at radius 3 is 2.65 bits per heavy atom. The van der Waals surface area contributed by atoms with Gasteiger partial charge in [0.25, 0.3) is 0 Å². The van der Waals surface area contributed by atoms with Crippen LogP contribution in [0.1, 0.15) is 29.8 Å². The lowest BCUT2D eigenvalue weighted by atomic mass is 10.1. The molecular formula is C12H16FNO3. The summed E-state index contributed by atoms with van der Waals surface area (Å²) in [6.07, 6.45) is -0.281. The minimum atomic E-state index is -0.630. The number of hydrogen-bond acceptors (Lipinski definition) is 4. The van der Waals surface area contributed by atoms with Gasteiger partial charge in [-0.05, 0) is 26.0 Å². The number of halogens is 1. The van der Waals surface area contributed by atoms with E-state index in [-0.39, 0.29) is 24.0 Å². The standard InChI is InChI=1S/C12H16FNO3/c1-7(2)17-12(15)10-5-9(13)4-8(6-16-3)11(10)14/h4-5,7H,6,14H2,1-3H3. The maximum atomic E-state index is 13.3. The number of carbonyl (C=O) groups excluding carboxylic acids is 1. The fraction of sp³-hybridized carbons (Fsp3) is 0.417. The van der Waals surface area contributed by atoms with Gasteiger partial charge in [-0.1, -0.05) is 0 Å². The van der Waals surface area contributed by atoms with Crippen LogP contribution >= 0.6 is 0 Å². The van der Waals surface area contributed by atoms with Crippen molar-refractivity contribution in [3.63, 3.8) is 0 Å². The Morgan fingerprint density at radius 2 is 2.12 bits per heavy atom. The average Bonchev–Trinajstić information content (AvgIpc) is 2.22. The Kier molecular flexibility index (Phi) is 4.45. The van der Waals surface area contributed by atoms with Gasteiger partial charge in [-0.3, -0.25) is 0 Å². The van der Waals surface area contributed by atoms with Crippen molar-refractivity contribution in [3.05, 3.63) is 29.1 Å². The topological polar surface area (TPSA) is 61.5 Å². The second-order valence-corrected chi connectivity index (χ2v) is 3.91. The van der Waals surface area contributed by atoms with Gasteiger partial charge in [-0.25, -0.2) is 9.18 Å². The molecule has 0 aromatic heterocycles. The molecule has 4 nitrogen and oxygen atoms in total. The first-order valence-corrected chi connectivity index (χ1v) is 5.23. The van der Waals surface area contributed by atoms with Crippen molar-refractivity contribution in [3.8, 4) is 0 Å². The van der Waals surface area contributed by atoms with Crippen molar-refractivity contribution >= 4 is 11.7 Å². The number of hydrogen-bond donors (Lipinski definition) is 1. The highest BCUT2D eigenvalue weighted by Crippen LogP contribution is 2.21. The molecule has 0 spiro atoms.